The molecule has 0 aliphatic carbocycles. The quantitative estimate of drug-likeness (QED) is 0.542. The molecule has 1 heteroatoms. The Kier molecular flexibility index (Phi) is 7.00. The van der Waals surface area contributed by atoms with Crippen LogP contribution in [0, 0.1) is 6.58 Å². The van der Waals surface area contributed by atoms with Crippen LogP contribution >= 0.6 is 0 Å². The summed E-state index contributed by atoms with van der Waals surface area (Å²) in [7, 11) is 0. The SMILES string of the molecule is C.[CH-]=C(C)C(C)=C(C)[C](C)=[W]. The first-order valence-electron chi connectivity index (χ1n) is 3.24. The van der Waals surface area contributed by atoms with Crippen molar-refractivity contribution < 1.29 is 19.4 Å². The first kappa shape index (κ1) is 13.6. The first-order chi connectivity index (χ1) is 4.46. The zero-order chi connectivity index (χ0) is 8.31. The third kappa shape index (κ3) is 4.48. The third-order valence-corrected chi connectivity index (χ3v) is 2.78. The van der Waals surface area contributed by atoms with Crippen LogP contribution in [0.1, 0.15) is 35.1 Å². The van der Waals surface area contributed by atoms with E-state index in [4.69, 9.17) is 6.58 Å². The number of allylic oxidation sites excluding steroid dienone is 3. The summed E-state index contributed by atoms with van der Waals surface area (Å²) in [4.78, 5) is 0. The molecule has 0 nitrogen and oxygen atoms in total. The second kappa shape index (κ2) is 5.66. The third-order valence-electron chi connectivity index (χ3n) is 1.68. The molecular weight excluding hydrogens is 304 g/mol. The molecule has 0 aromatic heterocycles. The first-order valence-corrected chi connectivity index (χ1v) is 4.71. The van der Waals surface area contributed by atoms with E-state index in [1.54, 1.807) is 0 Å². The van der Waals surface area contributed by atoms with Gasteiger partial charge in [0.25, 0.3) is 0 Å². The van der Waals surface area contributed by atoms with Crippen LogP contribution in [0.2, 0.25) is 0 Å². The van der Waals surface area contributed by atoms with Crippen molar-refractivity contribution in [2.75, 3.05) is 0 Å². The maximum absolute atomic E-state index is 5.63. The van der Waals surface area contributed by atoms with Crippen LogP contribution in [0.5, 0.6) is 0 Å². The van der Waals surface area contributed by atoms with Crippen LogP contribution in [-0.4, -0.2) is 3.90 Å². The molecule has 0 saturated heterocycles. The summed E-state index contributed by atoms with van der Waals surface area (Å²) in [5.74, 6) is 0. The van der Waals surface area contributed by atoms with E-state index in [9.17, 15) is 0 Å². The van der Waals surface area contributed by atoms with Crippen molar-refractivity contribution in [2.24, 2.45) is 0 Å². The Morgan fingerprint density at radius 2 is 1.36 bits per heavy atom. The standard InChI is InChI=1S/C9H13.CH4.W/c1-6-8(4)9(5)7(2)3;;/h2H,1,3-5H3;1H4;/q-1;;. The fraction of sp³-hybridized carbons (Fsp3) is 0.500. The molecule has 64 valence electrons. The van der Waals surface area contributed by atoms with E-state index < -0.39 is 0 Å². The summed E-state index contributed by atoms with van der Waals surface area (Å²) >= 11 is 1.52. The van der Waals surface area contributed by atoms with Crippen LogP contribution < -0.4 is 0 Å². The summed E-state index contributed by atoms with van der Waals surface area (Å²) < 4.78 is 1.42. The average Bonchev–Trinajstić information content (AvgIpc) is 1.84. The van der Waals surface area contributed by atoms with E-state index >= 15 is 0 Å². The monoisotopic (exact) mass is 321 g/mol. The van der Waals surface area contributed by atoms with E-state index in [2.05, 4.69) is 20.8 Å². The molecule has 0 aromatic rings. The second-order valence-electron chi connectivity index (χ2n) is 2.49. The Balaban J connectivity index is 0. The molecule has 0 aliphatic rings. The van der Waals surface area contributed by atoms with Gasteiger partial charge in [-0.3, -0.25) is 0 Å². The molecule has 0 aromatic carbocycles. The molecule has 0 saturated carbocycles. The zero-order valence-corrected chi connectivity index (χ0v) is 9.92. The number of rotatable bonds is 2. The molecule has 0 heterocycles. The van der Waals surface area contributed by atoms with E-state index in [0.29, 0.717) is 0 Å². The summed E-state index contributed by atoms with van der Waals surface area (Å²) in [6.07, 6.45) is 0. The topological polar surface area (TPSA) is 0 Å². The Hall–Kier alpha value is 0.0383. The summed E-state index contributed by atoms with van der Waals surface area (Å²) in [6.45, 7) is 13.9. The molecule has 0 radical (unpaired) electrons. The minimum atomic E-state index is 0. The van der Waals surface area contributed by atoms with Gasteiger partial charge in [0, 0.05) is 0 Å². The van der Waals surface area contributed by atoms with Crippen LogP contribution in [0.25, 0.3) is 0 Å². The molecule has 0 N–H and O–H groups in total. The fourth-order valence-electron chi connectivity index (χ4n) is 0.560. The van der Waals surface area contributed by atoms with Gasteiger partial charge in [-0.2, -0.15) is 0 Å². The number of hydrogen-bond donors (Lipinski definition) is 0. The van der Waals surface area contributed by atoms with Crippen molar-refractivity contribution in [3.8, 4) is 0 Å². The van der Waals surface area contributed by atoms with Gasteiger partial charge < -0.3 is 0 Å². The molecule has 0 rings (SSSR count). The summed E-state index contributed by atoms with van der Waals surface area (Å²) in [5, 5.41) is 0. The second-order valence-corrected chi connectivity index (χ2v) is 4.69. The van der Waals surface area contributed by atoms with Gasteiger partial charge in [-0.1, -0.05) is 7.43 Å². The van der Waals surface area contributed by atoms with Crippen molar-refractivity contribution in [3.63, 3.8) is 0 Å². The van der Waals surface area contributed by atoms with Crippen molar-refractivity contribution >= 4 is 3.90 Å². The Morgan fingerprint density at radius 1 is 1.00 bits per heavy atom. The predicted octanol–water partition coefficient (Wildman–Crippen LogP) is 3.08. The zero-order valence-electron chi connectivity index (χ0n) is 6.99. The van der Waals surface area contributed by atoms with Gasteiger partial charge >= 0.3 is 74.2 Å². The Morgan fingerprint density at radius 3 is 1.45 bits per heavy atom. The average molecular weight is 321 g/mol. The molecule has 0 aliphatic heterocycles. The minimum absolute atomic E-state index is 0. The molecule has 0 unspecified atom stereocenters. The Bertz CT molecular complexity index is 175. The van der Waals surface area contributed by atoms with Gasteiger partial charge in [0.15, 0.2) is 0 Å². The number of hydrogen-bond acceptors (Lipinski definition) is 0. The predicted molar refractivity (Wildman–Crippen MR) is 49.3 cm³/mol. The fourth-order valence-corrected chi connectivity index (χ4v) is 1.11. The van der Waals surface area contributed by atoms with E-state index in [1.807, 2.05) is 6.92 Å². The van der Waals surface area contributed by atoms with Gasteiger partial charge in [0.2, 0.25) is 0 Å². The molecule has 0 bridgehead atoms. The van der Waals surface area contributed by atoms with Gasteiger partial charge in [-0.25, -0.2) is 0 Å². The Labute approximate surface area is 81.8 Å². The maximum atomic E-state index is 5.63. The van der Waals surface area contributed by atoms with Gasteiger partial charge in [-0.15, -0.1) is 0 Å². The van der Waals surface area contributed by atoms with Crippen LogP contribution in [0.15, 0.2) is 16.7 Å². The van der Waals surface area contributed by atoms with E-state index in [1.165, 1.54) is 34.4 Å². The molecule has 0 fully saturated rings. The summed E-state index contributed by atoms with van der Waals surface area (Å²) in [5.41, 5.74) is 3.50. The van der Waals surface area contributed by atoms with Crippen molar-refractivity contribution in [2.45, 2.75) is 35.1 Å². The van der Waals surface area contributed by atoms with Gasteiger partial charge in [-0.05, 0) is 0 Å². The molecule has 11 heavy (non-hydrogen) atoms. The van der Waals surface area contributed by atoms with Gasteiger partial charge in [0.1, 0.15) is 0 Å². The van der Waals surface area contributed by atoms with Crippen molar-refractivity contribution in [1.82, 2.24) is 0 Å². The van der Waals surface area contributed by atoms with E-state index in [-0.39, 0.29) is 7.43 Å². The summed E-state index contributed by atoms with van der Waals surface area (Å²) in [6, 6.07) is 0. The van der Waals surface area contributed by atoms with Gasteiger partial charge in [0.05, 0.1) is 0 Å². The normalized spacial score (nSPS) is 11.3. The van der Waals surface area contributed by atoms with E-state index in [0.717, 1.165) is 5.57 Å². The molecular formula is C10H17W-. The van der Waals surface area contributed by atoms with Crippen molar-refractivity contribution in [1.29, 1.82) is 0 Å². The van der Waals surface area contributed by atoms with Crippen LogP contribution in [-0.2, 0) is 19.4 Å². The van der Waals surface area contributed by atoms with Crippen LogP contribution in [0.4, 0.5) is 0 Å². The van der Waals surface area contributed by atoms with Crippen LogP contribution in [0.3, 0.4) is 0 Å². The molecule has 0 amide bonds. The van der Waals surface area contributed by atoms with Crippen molar-refractivity contribution in [3.05, 3.63) is 23.3 Å². The molecule has 0 atom stereocenters. The molecule has 0 spiro atoms.